The Labute approximate surface area is 142 Å². The van der Waals surface area contributed by atoms with Gasteiger partial charge in [-0.25, -0.2) is 0 Å². The number of esters is 1. The molecule has 2 fully saturated rings. The van der Waals surface area contributed by atoms with Gasteiger partial charge in [-0.15, -0.1) is 0 Å². The number of ether oxygens (including phenoxy) is 2. The Morgan fingerprint density at radius 1 is 1.21 bits per heavy atom. The van der Waals surface area contributed by atoms with Gasteiger partial charge in [-0.3, -0.25) is 9.59 Å². The molecule has 5 nitrogen and oxygen atoms in total. The molecule has 0 spiro atoms. The van der Waals surface area contributed by atoms with Crippen molar-refractivity contribution < 1.29 is 19.1 Å². The van der Waals surface area contributed by atoms with Crippen LogP contribution >= 0.6 is 0 Å². The third-order valence-electron chi connectivity index (χ3n) is 5.35. The van der Waals surface area contributed by atoms with Crippen LogP contribution < -0.4 is 10.1 Å². The molecule has 0 radical (unpaired) electrons. The van der Waals surface area contributed by atoms with Crippen LogP contribution in [-0.2, 0) is 20.9 Å². The van der Waals surface area contributed by atoms with E-state index in [1.54, 1.807) is 7.11 Å². The predicted octanol–water partition coefficient (Wildman–Crippen LogP) is 2.68. The second-order valence-electron chi connectivity index (χ2n) is 6.89. The first-order valence-electron chi connectivity index (χ1n) is 8.70. The molecule has 2 aliphatic carbocycles. The van der Waals surface area contributed by atoms with E-state index in [4.69, 9.17) is 9.47 Å². The molecule has 24 heavy (non-hydrogen) atoms. The van der Waals surface area contributed by atoms with Gasteiger partial charge in [0.1, 0.15) is 5.75 Å². The molecule has 0 unspecified atom stereocenters. The molecule has 1 aromatic rings. The number of carbonyl (C=O) groups is 2. The van der Waals surface area contributed by atoms with Crippen LogP contribution in [0.15, 0.2) is 24.3 Å². The molecule has 1 amide bonds. The number of amides is 1. The van der Waals surface area contributed by atoms with E-state index in [2.05, 4.69) is 5.32 Å². The second-order valence-corrected chi connectivity index (χ2v) is 6.89. The van der Waals surface area contributed by atoms with Crippen molar-refractivity contribution in [3.05, 3.63) is 29.8 Å². The highest BCUT2D eigenvalue weighted by atomic mass is 16.5. The van der Waals surface area contributed by atoms with Crippen molar-refractivity contribution in [1.29, 1.82) is 0 Å². The minimum Gasteiger partial charge on any atom is -0.496 e. The molecule has 130 valence electrons. The van der Waals surface area contributed by atoms with E-state index in [1.165, 1.54) is 19.3 Å². The molecule has 2 bridgehead atoms. The number of methoxy groups -OCH3 is 1. The van der Waals surface area contributed by atoms with Crippen LogP contribution in [0.4, 0.5) is 0 Å². The second kappa shape index (κ2) is 7.69. The van der Waals surface area contributed by atoms with Gasteiger partial charge in [0.15, 0.2) is 6.61 Å². The van der Waals surface area contributed by atoms with Crippen LogP contribution in [-0.4, -0.2) is 25.6 Å². The molecule has 0 saturated heterocycles. The summed E-state index contributed by atoms with van der Waals surface area (Å²) >= 11 is 0. The minimum atomic E-state index is -0.290. The Kier molecular flexibility index (Phi) is 5.38. The van der Waals surface area contributed by atoms with Crippen LogP contribution in [0.3, 0.4) is 0 Å². The van der Waals surface area contributed by atoms with Crippen molar-refractivity contribution in [3.8, 4) is 5.75 Å². The standard InChI is InChI=1S/C19H25NO4/c1-23-17-5-3-2-4-15(17)11-20-18(21)12-24-19(22)10-16-9-13-6-7-14(16)8-13/h2-5,13-14,16H,6-12H2,1H3,(H,20,21)/t13-,14-,16-/m1/s1. The first-order valence-corrected chi connectivity index (χ1v) is 8.70. The van der Waals surface area contributed by atoms with Crippen molar-refractivity contribution in [1.82, 2.24) is 5.32 Å². The lowest BCUT2D eigenvalue weighted by Gasteiger charge is -2.20. The first-order chi connectivity index (χ1) is 11.7. The van der Waals surface area contributed by atoms with Gasteiger partial charge in [-0.2, -0.15) is 0 Å². The summed E-state index contributed by atoms with van der Waals surface area (Å²) in [4.78, 5) is 23.8. The molecule has 0 aromatic heterocycles. The van der Waals surface area contributed by atoms with Crippen LogP contribution in [0.1, 0.15) is 37.7 Å². The maximum atomic E-state index is 11.9. The Balaban J connectivity index is 1.37. The van der Waals surface area contributed by atoms with Gasteiger partial charge in [0.05, 0.1) is 7.11 Å². The fourth-order valence-electron chi connectivity index (χ4n) is 4.14. The van der Waals surface area contributed by atoms with Crippen LogP contribution in [0, 0.1) is 17.8 Å². The smallest absolute Gasteiger partial charge is 0.306 e. The van der Waals surface area contributed by atoms with E-state index >= 15 is 0 Å². The lowest BCUT2D eigenvalue weighted by atomic mass is 9.86. The zero-order valence-electron chi connectivity index (χ0n) is 14.1. The molecule has 5 heteroatoms. The molecule has 2 saturated carbocycles. The van der Waals surface area contributed by atoms with Crippen LogP contribution in [0.5, 0.6) is 5.75 Å². The lowest BCUT2D eigenvalue weighted by Crippen LogP contribution is -2.29. The summed E-state index contributed by atoms with van der Waals surface area (Å²) in [5.41, 5.74) is 0.890. The highest BCUT2D eigenvalue weighted by Crippen LogP contribution is 2.49. The lowest BCUT2D eigenvalue weighted by molar-refractivity contribution is -0.149. The van der Waals surface area contributed by atoms with Gasteiger partial charge in [0.2, 0.25) is 0 Å². The minimum absolute atomic E-state index is 0.213. The maximum absolute atomic E-state index is 11.9. The number of nitrogens with one attached hydrogen (secondary N) is 1. The molecule has 3 atom stereocenters. The summed E-state index contributed by atoms with van der Waals surface area (Å²) in [6, 6.07) is 7.50. The van der Waals surface area contributed by atoms with Crippen molar-refractivity contribution >= 4 is 11.9 Å². The van der Waals surface area contributed by atoms with Gasteiger partial charge in [0, 0.05) is 18.5 Å². The molecule has 2 aliphatic rings. The monoisotopic (exact) mass is 331 g/mol. The van der Waals surface area contributed by atoms with Gasteiger partial charge in [-0.05, 0) is 43.1 Å². The van der Waals surface area contributed by atoms with Crippen molar-refractivity contribution in [2.24, 2.45) is 17.8 Å². The van der Waals surface area contributed by atoms with Gasteiger partial charge in [0.25, 0.3) is 5.91 Å². The third-order valence-corrected chi connectivity index (χ3v) is 5.35. The summed E-state index contributed by atoms with van der Waals surface area (Å²) in [5.74, 6) is 2.17. The van der Waals surface area contributed by atoms with Gasteiger partial charge in [-0.1, -0.05) is 24.6 Å². The predicted molar refractivity (Wildman–Crippen MR) is 89.4 cm³/mol. The maximum Gasteiger partial charge on any atom is 0.306 e. The number of fused-ring (bicyclic) bond motifs is 2. The number of rotatable bonds is 7. The summed E-state index contributed by atoms with van der Waals surface area (Å²) in [5, 5.41) is 2.75. The number of para-hydroxylation sites is 1. The zero-order valence-corrected chi connectivity index (χ0v) is 14.1. The average Bonchev–Trinajstić information content (AvgIpc) is 3.21. The average molecular weight is 331 g/mol. The Bertz CT molecular complexity index is 601. The summed E-state index contributed by atoms with van der Waals surface area (Å²) < 4.78 is 10.4. The first kappa shape index (κ1) is 16.8. The number of hydrogen-bond donors (Lipinski definition) is 1. The van der Waals surface area contributed by atoms with E-state index in [9.17, 15) is 9.59 Å². The van der Waals surface area contributed by atoms with Crippen molar-refractivity contribution in [3.63, 3.8) is 0 Å². The normalized spacial score (nSPS) is 24.6. The highest BCUT2D eigenvalue weighted by molar-refractivity contribution is 5.80. The SMILES string of the molecule is COc1ccccc1CNC(=O)COC(=O)C[C@H]1C[C@@H]2CC[C@@H]1C2. The van der Waals surface area contributed by atoms with E-state index in [1.807, 2.05) is 24.3 Å². The Hall–Kier alpha value is -2.04. The largest absolute Gasteiger partial charge is 0.496 e. The van der Waals surface area contributed by atoms with Gasteiger partial charge < -0.3 is 14.8 Å². The highest BCUT2D eigenvalue weighted by Gasteiger charge is 2.40. The van der Waals surface area contributed by atoms with Crippen LogP contribution in [0.2, 0.25) is 0 Å². The molecule has 0 heterocycles. The van der Waals surface area contributed by atoms with Gasteiger partial charge >= 0.3 is 5.97 Å². The summed E-state index contributed by atoms with van der Waals surface area (Å²) in [6.07, 6.45) is 5.46. The fourth-order valence-corrected chi connectivity index (χ4v) is 4.14. The Morgan fingerprint density at radius 3 is 2.75 bits per heavy atom. The molecule has 1 aromatic carbocycles. The van der Waals surface area contributed by atoms with E-state index < -0.39 is 0 Å². The molecule has 0 aliphatic heterocycles. The number of carbonyl (C=O) groups excluding carboxylic acids is 2. The van der Waals surface area contributed by atoms with Crippen molar-refractivity contribution in [2.75, 3.05) is 13.7 Å². The Morgan fingerprint density at radius 2 is 2.04 bits per heavy atom. The summed E-state index contributed by atoms with van der Waals surface area (Å²) in [6.45, 7) is 0.140. The quantitative estimate of drug-likeness (QED) is 0.780. The topological polar surface area (TPSA) is 64.6 Å². The summed E-state index contributed by atoms with van der Waals surface area (Å²) in [7, 11) is 1.60. The zero-order chi connectivity index (χ0) is 16.9. The third kappa shape index (κ3) is 4.08. The molecular formula is C19H25NO4. The van der Waals surface area contributed by atoms with E-state index in [0.717, 1.165) is 23.7 Å². The number of hydrogen-bond acceptors (Lipinski definition) is 4. The molecule has 3 rings (SSSR count). The number of benzene rings is 1. The van der Waals surface area contributed by atoms with E-state index in [0.29, 0.717) is 24.8 Å². The fraction of sp³-hybridized carbons (Fsp3) is 0.579. The van der Waals surface area contributed by atoms with Crippen LogP contribution in [0.25, 0.3) is 0 Å². The van der Waals surface area contributed by atoms with E-state index in [-0.39, 0.29) is 18.5 Å². The molecular weight excluding hydrogens is 306 g/mol. The molecule has 1 N–H and O–H groups in total. The van der Waals surface area contributed by atoms with Crippen molar-refractivity contribution in [2.45, 2.75) is 38.6 Å².